The van der Waals surface area contributed by atoms with Crippen molar-refractivity contribution in [3.05, 3.63) is 0 Å². The van der Waals surface area contributed by atoms with E-state index in [1.54, 1.807) is 0 Å². The molecule has 70 valence electrons. The van der Waals surface area contributed by atoms with Crippen LogP contribution in [0.15, 0.2) is 0 Å². The predicted molar refractivity (Wildman–Crippen MR) is 47.4 cm³/mol. The van der Waals surface area contributed by atoms with E-state index in [0.29, 0.717) is 0 Å². The minimum atomic E-state index is -0.888. The first kappa shape index (κ1) is 11.6. The Bertz CT molecular complexity index is 322. The number of ether oxygens (including phenoxy) is 2. The van der Waals surface area contributed by atoms with Crippen molar-refractivity contribution in [3.63, 3.8) is 0 Å². The molecule has 14 heavy (non-hydrogen) atoms. The molecule has 0 heterocycles. The van der Waals surface area contributed by atoms with Crippen LogP contribution < -0.4 is 0 Å². The van der Waals surface area contributed by atoms with Crippen molar-refractivity contribution in [2.24, 2.45) is 0 Å². The largest absolute Gasteiger partial charge is 0.443 e. The van der Waals surface area contributed by atoms with Gasteiger partial charge in [-0.3, -0.25) is 0 Å². The van der Waals surface area contributed by atoms with E-state index >= 15 is 0 Å². The third kappa shape index (κ3) is 6.34. The molecule has 4 heteroatoms. The van der Waals surface area contributed by atoms with Crippen LogP contribution in [0.25, 0.3) is 0 Å². The molecule has 0 bridgehead atoms. The second-order valence-corrected chi connectivity index (χ2v) is 1.81. The molecule has 0 N–H and O–H groups in total. The molecule has 0 saturated heterocycles. The number of esters is 2. The van der Waals surface area contributed by atoms with Gasteiger partial charge in [-0.05, 0) is 0 Å². The average Bonchev–Trinajstić information content (AvgIpc) is 2.20. The maximum Gasteiger partial charge on any atom is 0.385 e. The number of rotatable bonds is 2. The second-order valence-electron chi connectivity index (χ2n) is 1.81. The number of hydrogen-bond donors (Lipinski definition) is 0. The van der Waals surface area contributed by atoms with Crippen molar-refractivity contribution in [1.29, 1.82) is 0 Å². The van der Waals surface area contributed by atoms with Gasteiger partial charge in [0.15, 0.2) is 13.2 Å². The van der Waals surface area contributed by atoms with Crippen molar-refractivity contribution in [1.82, 2.24) is 0 Å². The minimum absolute atomic E-state index is 0.188. The summed E-state index contributed by atoms with van der Waals surface area (Å²) >= 11 is 0. The van der Waals surface area contributed by atoms with Gasteiger partial charge in [0, 0.05) is 11.8 Å². The molecule has 0 fully saturated rings. The fraction of sp³-hybridized carbons (Fsp3) is 0.200. The lowest BCUT2D eigenvalue weighted by Gasteiger charge is -1.91. The Hall–Kier alpha value is -2.38. The van der Waals surface area contributed by atoms with Crippen LogP contribution in [0, 0.1) is 36.5 Å². The maximum absolute atomic E-state index is 10.6. The van der Waals surface area contributed by atoms with E-state index in [2.05, 4.69) is 21.3 Å². The third-order valence-electron chi connectivity index (χ3n) is 0.840. The Morgan fingerprint density at radius 3 is 1.57 bits per heavy atom. The number of carbonyl (C=O) groups is 2. The molecule has 0 rings (SSSR count). The molecule has 0 unspecified atom stereocenters. The number of terminal acetylenes is 2. The van der Waals surface area contributed by atoms with Gasteiger partial charge >= 0.3 is 11.9 Å². The van der Waals surface area contributed by atoms with Gasteiger partial charge in [0.2, 0.25) is 0 Å². The molecule has 0 atom stereocenters. The van der Waals surface area contributed by atoms with Crippen molar-refractivity contribution in [2.45, 2.75) is 0 Å². The summed E-state index contributed by atoms with van der Waals surface area (Å²) in [5, 5.41) is 0. The zero-order chi connectivity index (χ0) is 10.8. The van der Waals surface area contributed by atoms with E-state index in [1.807, 2.05) is 11.8 Å². The van der Waals surface area contributed by atoms with E-state index in [1.165, 1.54) is 0 Å². The summed E-state index contributed by atoms with van der Waals surface area (Å²) < 4.78 is 8.70. The van der Waals surface area contributed by atoms with Gasteiger partial charge in [-0.2, -0.15) is 0 Å². The first-order chi connectivity index (χ1) is 6.70. The fourth-order valence-corrected chi connectivity index (χ4v) is 0.389. The van der Waals surface area contributed by atoms with Crippen molar-refractivity contribution in [3.8, 4) is 36.5 Å². The molecule has 0 aliphatic heterocycles. The molecule has 0 aromatic carbocycles. The number of hydrogen-bond acceptors (Lipinski definition) is 4. The highest BCUT2D eigenvalue weighted by Crippen LogP contribution is 1.77. The van der Waals surface area contributed by atoms with Gasteiger partial charge in [-0.15, -0.1) is 12.8 Å². The summed E-state index contributed by atoms with van der Waals surface area (Å²) in [7, 11) is 0. The van der Waals surface area contributed by atoms with Gasteiger partial charge in [0.05, 0.1) is 0 Å². The fourth-order valence-electron chi connectivity index (χ4n) is 0.389. The van der Waals surface area contributed by atoms with Gasteiger partial charge in [-0.1, -0.05) is 11.8 Å². The van der Waals surface area contributed by atoms with E-state index in [4.69, 9.17) is 12.8 Å². The zero-order valence-electron chi connectivity index (χ0n) is 7.20. The quantitative estimate of drug-likeness (QED) is 0.329. The Kier molecular flexibility index (Phi) is 6.04. The van der Waals surface area contributed by atoms with E-state index in [-0.39, 0.29) is 13.2 Å². The van der Waals surface area contributed by atoms with E-state index < -0.39 is 11.9 Å². The average molecular weight is 190 g/mol. The van der Waals surface area contributed by atoms with Crippen LogP contribution >= 0.6 is 0 Å². The molecule has 0 saturated carbocycles. The Morgan fingerprint density at radius 2 is 1.29 bits per heavy atom. The van der Waals surface area contributed by atoms with Crippen LogP contribution in [0.5, 0.6) is 0 Å². The SMILES string of the molecule is C#CCOC(=O)C#CC(=O)OCC#C. The molecular weight excluding hydrogens is 184 g/mol. The number of carbonyl (C=O) groups excluding carboxylic acids is 2. The predicted octanol–water partition coefficient (Wildman–Crippen LogP) is -0.657. The molecule has 0 aliphatic rings. The summed E-state index contributed by atoms with van der Waals surface area (Å²) in [5.74, 6) is 6.11. The van der Waals surface area contributed by atoms with Crippen LogP contribution in [-0.4, -0.2) is 25.2 Å². The molecular formula is C10H6O4. The van der Waals surface area contributed by atoms with Crippen molar-refractivity contribution in [2.75, 3.05) is 13.2 Å². The van der Waals surface area contributed by atoms with Gasteiger partial charge < -0.3 is 9.47 Å². The maximum atomic E-state index is 10.6. The lowest BCUT2D eigenvalue weighted by Crippen LogP contribution is -2.04. The van der Waals surface area contributed by atoms with Crippen LogP contribution in [0.2, 0.25) is 0 Å². The topological polar surface area (TPSA) is 52.6 Å². The monoisotopic (exact) mass is 190 g/mol. The molecule has 0 radical (unpaired) electrons. The molecule has 0 aliphatic carbocycles. The van der Waals surface area contributed by atoms with Crippen LogP contribution in [0.1, 0.15) is 0 Å². The molecule has 4 nitrogen and oxygen atoms in total. The van der Waals surface area contributed by atoms with Crippen molar-refractivity contribution >= 4 is 11.9 Å². The van der Waals surface area contributed by atoms with Gasteiger partial charge in [-0.25, -0.2) is 9.59 Å². The normalized spacial score (nSPS) is 7.00. The summed E-state index contributed by atoms with van der Waals surface area (Å²) in [6.45, 7) is -0.375. The second kappa shape index (κ2) is 7.28. The van der Waals surface area contributed by atoms with Crippen LogP contribution in [0.3, 0.4) is 0 Å². The molecule has 0 amide bonds. The Morgan fingerprint density at radius 1 is 0.929 bits per heavy atom. The highest BCUT2D eigenvalue weighted by atomic mass is 16.5. The summed E-state index contributed by atoms with van der Waals surface area (Å²) in [5.41, 5.74) is 0. The Balaban J connectivity index is 3.92. The highest BCUT2D eigenvalue weighted by molar-refractivity contribution is 5.98. The first-order valence-corrected chi connectivity index (χ1v) is 3.43. The lowest BCUT2D eigenvalue weighted by atomic mass is 10.5. The van der Waals surface area contributed by atoms with Crippen LogP contribution in [0.4, 0.5) is 0 Å². The zero-order valence-corrected chi connectivity index (χ0v) is 7.20. The van der Waals surface area contributed by atoms with Crippen LogP contribution in [-0.2, 0) is 19.1 Å². The highest BCUT2D eigenvalue weighted by Gasteiger charge is 1.97. The van der Waals surface area contributed by atoms with E-state index in [0.717, 1.165) is 0 Å². The third-order valence-corrected chi connectivity index (χ3v) is 0.840. The first-order valence-electron chi connectivity index (χ1n) is 3.43. The van der Waals surface area contributed by atoms with E-state index in [9.17, 15) is 9.59 Å². The summed E-state index contributed by atoms with van der Waals surface area (Å²) in [6.07, 6.45) is 9.62. The summed E-state index contributed by atoms with van der Waals surface area (Å²) in [6, 6.07) is 0. The molecule has 0 aromatic rings. The smallest absolute Gasteiger partial charge is 0.385 e. The Labute approximate surface area is 81.6 Å². The van der Waals surface area contributed by atoms with Gasteiger partial charge in [0.1, 0.15) is 0 Å². The summed E-state index contributed by atoms with van der Waals surface area (Å²) in [4.78, 5) is 21.3. The van der Waals surface area contributed by atoms with Crippen molar-refractivity contribution < 1.29 is 19.1 Å². The molecule has 0 aromatic heterocycles. The standard InChI is InChI=1S/C10H6O4/c1-3-7-13-9(11)5-6-10(12)14-8-4-2/h1-2H,7-8H2. The molecule has 0 spiro atoms. The minimum Gasteiger partial charge on any atom is -0.443 e. The van der Waals surface area contributed by atoms with Gasteiger partial charge in [0.25, 0.3) is 0 Å². The lowest BCUT2D eigenvalue weighted by molar-refractivity contribution is -0.137.